The Morgan fingerprint density at radius 2 is 1.84 bits per heavy atom. The van der Waals surface area contributed by atoms with Crippen molar-refractivity contribution in [3.05, 3.63) is 24.2 Å². The third-order valence-corrected chi connectivity index (χ3v) is 2.78. The highest BCUT2D eigenvalue weighted by Crippen LogP contribution is 2.01. The molecule has 5 heteroatoms. The van der Waals surface area contributed by atoms with Gasteiger partial charge < -0.3 is 15.1 Å². The van der Waals surface area contributed by atoms with Gasteiger partial charge in [0.25, 0.3) is 0 Å². The van der Waals surface area contributed by atoms with Crippen molar-refractivity contribution in [1.29, 1.82) is 0 Å². The molecule has 0 aliphatic heterocycles. The summed E-state index contributed by atoms with van der Waals surface area (Å²) in [4.78, 5) is 22.9. The van der Waals surface area contributed by atoms with Crippen LogP contribution in [-0.4, -0.2) is 18.4 Å². The molecule has 0 aliphatic carbocycles. The highest BCUT2D eigenvalue weighted by atomic mass is 16.3. The number of unbranched alkanes of at least 4 members (excludes halogenated alkanes) is 4. The fourth-order valence-corrected chi connectivity index (χ4v) is 1.67. The molecule has 0 unspecified atom stereocenters. The maximum Gasteiger partial charge on any atom is 0.309 e. The number of hydrogen-bond acceptors (Lipinski definition) is 3. The Hall–Kier alpha value is -1.78. The molecule has 0 aliphatic rings. The van der Waals surface area contributed by atoms with Crippen LogP contribution in [0.25, 0.3) is 0 Å². The standard InChI is InChI=1S/C14H22N2O3/c1-2-3-4-5-6-9-15-13(17)14(18)16-11-12-8-7-10-19-12/h7-8,10H,2-6,9,11H2,1H3,(H,15,17)(H,16,18). The summed E-state index contributed by atoms with van der Waals surface area (Å²) in [6.07, 6.45) is 7.12. The molecule has 0 fully saturated rings. The molecule has 2 amide bonds. The van der Waals surface area contributed by atoms with E-state index >= 15 is 0 Å². The summed E-state index contributed by atoms with van der Waals surface area (Å²) < 4.78 is 5.05. The average Bonchev–Trinajstić information content (AvgIpc) is 2.93. The number of furan rings is 1. The van der Waals surface area contributed by atoms with Crippen molar-refractivity contribution >= 4 is 11.8 Å². The molecule has 0 bridgehead atoms. The van der Waals surface area contributed by atoms with E-state index in [9.17, 15) is 9.59 Å². The SMILES string of the molecule is CCCCCCCNC(=O)C(=O)NCc1ccco1. The van der Waals surface area contributed by atoms with Crippen LogP contribution in [0.15, 0.2) is 22.8 Å². The highest BCUT2D eigenvalue weighted by Gasteiger charge is 2.12. The highest BCUT2D eigenvalue weighted by molar-refractivity contribution is 6.35. The molecule has 0 aromatic carbocycles. The van der Waals surface area contributed by atoms with Crippen LogP contribution in [-0.2, 0) is 16.1 Å². The Morgan fingerprint density at radius 3 is 2.53 bits per heavy atom. The van der Waals surface area contributed by atoms with Crippen LogP contribution in [0.3, 0.4) is 0 Å². The summed E-state index contributed by atoms with van der Waals surface area (Å²) in [6, 6.07) is 3.48. The molecule has 5 nitrogen and oxygen atoms in total. The van der Waals surface area contributed by atoms with Crippen LogP contribution < -0.4 is 10.6 Å². The first-order chi connectivity index (χ1) is 9.24. The normalized spacial score (nSPS) is 10.2. The smallest absolute Gasteiger partial charge is 0.309 e. The Balaban J connectivity index is 2.06. The van der Waals surface area contributed by atoms with Crippen molar-refractivity contribution in [1.82, 2.24) is 10.6 Å². The van der Waals surface area contributed by atoms with E-state index in [0.29, 0.717) is 12.3 Å². The first kappa shape index (κ1) is 15.3. The van der Waals surface area contributed by atoms with E-state index in [4.69, 9.17) is 4.42 Å². The van der Waals surface area contributed by atoms with E-state index in [1.54, 1.807) is 12.1 Å². The molecule has 0 atom stereocenters. The maximum absolute atomic E-state index is 11.4. The van der Waals surface area contributed by atoms with Crippen molar-refractivity contribution < 1.29 is 14.0 Å². The second kappa shape index (κ2) is 9.19. The lowest BCUT2D eigenvalue weighted by molar-refractivity contribution is -0.139. The first-order valence-electron chi connectivity index (χ1n) is 6.82. The average molecular weight is 266 g/mol. The van der Waals surface area contributed by atoms with Gasteiger partial charge in [-0.2, -0.15) is 0 Å². The number of amides is 2. The van der Waals surface area contributed by atoms with Crippen LogP contribution in [0.4, 0.5) is 0 Å². The van der Waals surface area contributed by atoms with Gasteiger partial charge in [0.2, 0.25) is 0 Å². The molecule has 1 aromatic heterocycles. The Morgan fingerprint density at radius 1 is 1.11 bits per heavy atom. The zero-order valence-electron chi connectivity index (χ0n) is 11.4. The quantitative estimate of drug-likeness (QED) is 0.558. The van der Waals surface area contributed by atoms with Gasteiger partial charge in [-0.1, -0.05) is 32.6 Å². The first-order valence-corrected chi connectivity index (χ1v) is 6.82. The van der Waals surface area contributed by atoms with Gasteiger partial charge >= 0.3 is 11.8 Å². The van der Waals surface area contributed by atoms with Crippen molar-refractivity contribution in [2.24, 2.45) is 0 Å². The molecule has 19 heavy (non-hydrogen) atoms. The Kier molecular flexibility index (Phi) is 7.39. The molecule has 1 heterocycles. The molecule has 106 valence electrons. The third-order valence-electron chi connectivity index (χ3n) is 2.78. The third kappa shape index (κ3) is 6.64. The number of nitrogens with one attached hydrogen (secondary N) is 2. The van der Waals surface area contributed by atoms with Crippen LogP contribution in [0.5, 0.6) is 0 Å². The molecule has 0 radical (unpaired) electrons. The van der Waals surface area contributed by atoms with Gasteiger partial charge in [0.05, 0.1) is 12.8 Å². The number of hydrogen-bond donors (Lipinski definition) is 2. The molecule has 0 saturated heterocycles. The maximum atomic E-state index is 11.4. The molecule has 2 N–H and O–H groups in total. The van der Waals surface area contributed by atoms with Crippen molar-refractivity contribution in [3.8, 4) is 0 Å². The topological polar surface area (TPSA) is 71.3 Å². The van der Waals surface area contributed by atoms with Crippen LogP contribution in [0, 0.1) is 0 Å². The summed E-state index contributed by atoms with van der Waals surface area (Å²) in [7, 11) is 0. The lowest BCUT2D eigenvalue weighted by Gasteiger charge is -2.05. The fraction of sp³-hybridized carbons (Fsp3) is 0.571. The van der Waals surface area contributed by atoms with E-state index < -0.39 is 11.8 Å². The van der Waals surface area contributed by atoms with E-state index in [2.05, 4.69) is 17.6 Å². The number of carbonyl (C=O) groups excluding carboxylic acids is 2. The van der Waals surface area contributed by atoms with Crippen LogP contribution in [0.2, 0.25) is 0 Å². The van der Waals surface area contributed by atoms with Gasteiger partial charge in [0.15, 0.2) is 0 Å². The largest absolute Gasteiger partial charge is 0.467 e. The van der Waals surface area contributed by atoms with Gasteiger partial charge in [-0.05, 0) is 18.6 Å². The number of carbonyl (C=O) groups is 2. The summed E-state index contributed by atoms with van der Waals surface area (Å²) in [6.45, 7) is 2.94. The lowest BCUT2D eigenvalue weighted by Crippen LogP contribution is -2.39. The van der Waals surface area contributed by atoms with Gasteiger partial charge in [-0.3, -0.25) is 9.59 Å². The lowest BCUT2D eigenvalue weighted by atomic mass is 10.1. The van der Waals surface area contributed by atoms with E-state index in [1.807, 2.05) is 0 Å². The summed E-state index contributed by atoms with van der Waals surface area (Å²) in [5.74, 6) is -0.576. The van der Waals surface area contributed by atoms with Crippen molar-refractivity contribution in [2.75, 3.05) is 6.54 Å². The van der Waals surface area contributed by atoms with Crippen LogP contribution in [0.1, 0.15) is 44.8 Å². The molecule has 0 saturated carbocycles. The minimum atomic E-state index is -0.620. The van der Waals surface area contributed by atoms with E-state index in [-0.39, 0.29) is 6.54 Å². The monoisotopic (exact) mass is 266 g/mol. The Labute approximate surface area is 113 Å². The summed E-state index contributed by atoms with van der Waals surface area (Å²) >= 11 is 0. The van der Waals surface area contributed by atoms with Crippen molar-refractivity contribution in [3.63, 3.8) is 0 Å². The zero-order valence-corrected chi connectivity index (χ0v) is 11.4. The second-order valence-corrected chi connectivity index (χ2v) is 4.43. The van der Waals surface area contributed by atoms with Gasteiger partial charge in [0, 0.05) is 6.54 Å². The molecule has 1 rings (SSSR count). The zero-order chi connectivity index (χ0) is 13.9. The van der Waals surface area contributed by atoms with Gasteiger partial charge in [-0.15, -0.1) is 0 Å². The molecule has 1 aromatic rings. The molecular weight excluding hydrogens is 244 g/mol. The second-order valence-electron chi connectivity index (χ2n) is 4.43. The van der Waals surface area contributed by atoms with E-state index in [1.165, 1.54) is 25.5 Å². The minimum Gasteiger partial charge on any atom is -0.467 e. The summed E-state index contributed by atoms with van der Waals surface area (Å²) in [5, 5.41) is 5.11. The fourth-order valence-electron chi connectivity index (χ4n) is 1.67. The number of rotatable bonds is 8. The predicted octanol–water partition coefficient (Wildman–Crippen LogP) is 1.98. The van der Waals surface area contributed by atoms with Crippen LogP contribution >= 0.6 is 0 Å². The Bertz CT molecular complexity index is 374. The van der Waals surface area contributed by atoms with Crippen molar-refractivity contribution in [2.45, 2.75) is 45.6 Å². The van der Waals surface area contributed by atoms with Gasteiger partial charge in [0.1, 0.15) is 5.76 Å². The molecule has 0 spiro atoms. The van der Waals surface area contributed by atoms with E-state index in [0.717, 1.165) is 12.8 Å². The molecular formula is C14H22N2O3. The summed E-state index contributed by atoms with van der Waals surface area (Å²) in [5.41, 5.74) is 0. The minimum absolute atomic E-state index is 0.232. The predicted molar refractivity (Wildman–Crippen MR) is 72.3 cm³/mol. The van der Waals surface area contributed by atoms with Gasteiger partial charge in [-0.25, -0.2) is 0 Å².